The quantitative estimate of drug-likeness (QED) is 0.496. The third kappa shape index (κ3) is 4.47. The van der Waals surface area contributed by atoms with Crippen LogP contribution < -0.4 is 9.64 Å². The third-order valence-corrected chi connectivity index (χ3v) is 5.40. The molecule has 0 spiro atoms. The number of anilines is 1. The van der Waals surface area contributed by atoms with Crippen molar-refractivity contribution in [2.75, 3.05) is 25.2 Å². The Kier molecular flexibility index (Phi) is 6.59. The zero-order valence-electron chi connectivity index (χ0n) is 19.7. The first-order chi connectivity index (χ1) is 14.8. The maximum absolute atomic E-state index is 13.5. The van der Waals surface area contributed by atoms with Gasteiger partial charge >= 0.3 is 5.97 Å². The summed E-state index contributed by atoms with van der Waals surface area (Å²) in [5.41, 5.74) is -2.50. The Balaban J connectivity index is 2.04. The maximum Gasteiger partial charge on any atom is 0.338 e. The predicted octanol–water partition coefficient (Wildman–Crippen LogP) is 2.04. The summed E-state index contributed by atoms with van der Waals surface area (Å²) < 4.78 is 28.0. The minimum absolute atomic E-state index is 0.0794. The van der Waals surface area contributed by atoms with Gasteiger partial charge in [-0.05, 0) is 65.8 Å². The van der Waals surface area contributed by atoms with Crippen LogP contribution in [0.1, 0.15) is 41.5 Å². The molecule has 2 aliphatic heterocycles. The highest BCUT2D eigenvalue weighted by Gasteiger charge is 2.71. The molecule has 3 rings (SSSR count). The number of amides is 1. The van der Waals surface area contributed by atoms with Gasteiger partial charge in [0.15, 0.2) is 11.9 Å². The van der Waals surface area contributed by atoms with E-state index in [4.69, 9.17) is 23.7 Å². The summed E-state index contributed by atoms with van der Waals surface area (Å²) in [7, 11) is 1.55. The van der Waals surface area contributed by atoms with E-state index in [1.54, 1.807) is 72.9 Å². The van der Waals surface area contributed by atoms with Gasteiger partial charge in [-0.3, -0.25) is 4.79 Å². The molecule has 0 aromatic heterocycles. The van der Waals surface area contributed by atoms with E-state index in [1.165, 1.54) is 4.90 Å². The van der Waals surface area contributed by atoms with Crippen molar-refractivity contribution in [3.63, 3.8) is 0 Å². The first-order valence-corrected chi connectivity index (χ1v) is 10.7. The predicted molar refractivity (Wildman–Crippen MR) is 115 cm³/mol. The number of esters is 1. The van der Waals surface area contributed by atoms with Crippen LogP contribution in [0.4, 0.5) is 5.69 Å². The van der Waals surface area contributed by atoms with E-state index in [0.717, 1.165) is 0 Å². The van der Waals surface area contributed by atoms with Gasteiger partial charge in [-0.2, -0.15) is 0 Å². The Bertz CT molecular complexity index is 847. The molecule has 2 aliphatic rings. The van der Waals surface area contributed by atoms with E-state index in [1.807, 2.05) is 0 Å². The molecule has 1 aromatic carbocycles. The van der Waals surface area contributed by atoms with Crippen molar-refractivity contribution in [1.82, 2.24) is 0 Å². The summed E-state index contributed by atoms with van der Waals surface area (Å²) in [5.74, 6) is -1.77. The Morgan fingerprint density at radius 3 is 2.38 bits per heavy atom. The average Bonchev–Trinajstić information content (AvgIpc) is 3.07. The normalized spacial score (nSPS) is 28.2. The van der Waals surface area contributed by atoms with Crippen LogP contribution in [0.2, 0.25) is 0 Å². The number of ether oxygens (including phenoxy) is 5. The number of benzene rings is 1. The Hall–Kier alpha value is -2.20. The fourth-order valence-electron chi connectivity index (χ4n) is 4.07. The molecule has 0 radical (unpaired) electrons. The number of rotatable bonds is 7. The number of aliphatic hydroxyl groups is 1. The number of hydrogen-bond acceptors (Lipinski definition) is 8. The van der Waals surface area contributed by atoms with E-state index in [0.29, 0.717) is 11.4 Å². The highest BCUT2D eigenvalue weighted by atomic mass is 16.7. The summed E-state index contributed by atoms with van der Waals surface area (Å²) >= 11 is 0. The van der Waals surface area contributed by atoms with Crippen molar-refractivity contribution in [1.29, 1.82) is 0 Å². The maximum atomic E-state index is 13.5. The lowest BCUT2D eigenvalue weighted by Crippen LogP contribution is -2.83. The van der Waals surface area contributed by atoms with Gasteiger partial charge in [0, 0.05) is 5.69 Å². The van der Waals surface area contributed by atoms with Crippen molar-refractivity contribution in [2.24, 2.45) is 0 Å². The molecule has 0 aliphatic carbocycles. The van der Waals surface area contributed by atoms with E-state index in [2.05, 4.69) is 0 Å². The van der Waals surface area contributed by atoms with Crippen molar-refractivity contribution < 1.29 is 38.4 Å². The van der Waals surface area contributed by atoms with Crippen LogP contribution in [0.5, 0.6) is 5.75 Å². The number of nitrogens with zero attached hydrogens (tertiary/aromatic N) is 1. The lowest BCUT2D eigenvalue weighted by Gasteiger charge is -2.56. The molecule has 9 heteroatoms. The molecule has 1 unspecified atom stereocenters. The molecule has 2 heterocycles. The molecule has 1 amide bonds. The van der Waals surface area contributed by atoms with Gasteiger partial charge in [-0.1, -0.05) is 0 Å². The van der Waals surface area contributed by atoms with Crippen LogP contribution in [-0.2, 0) is 28.5 Å². The molecule has 9 nitrogen and oxygen atoms in total. The number of carbonyl (C=O) groups excluding carboxylic acids is 2. The second-order valence-corrected chi connectivity index (χ2v) is 9.37. The Morgan fingerprint density at radius 1 is 1.28 bits per heavy atom. The van der Waals surface area contributed by atoms with Crippen LogP contribution in [0, 0.1) is 0 Å². The smallest absolute Gasteiger partial charge is 0.338 e. The second kappa shape index (κ2) is 8.62. The molecule has 4 atom stereocenters. The van der Waals surface area contributed by atoms with Crippen molar-refractivity contribution in [3.05, 3.63) is 24.3 Å². The largest absolute Gasteiger partial charge is 0.497 e. The average molecular weight is 452 g/mol. The monoisotopic (exact) mass is 451 g/mol. The zero-order valence-corrected chi connectivity index (χ0v) is 19.7. The zero-order chi connectivity index (χ0) is 23.9. The van der Waals surface area contributed by atoms with Gasteiger partial charge in [-0.15, -0.1) is 0 Å². The van der Waals surface area contributed by atoms with Gasteiger partial charge in [-0.25, -0.2) is 4.79 Å². The van der Waals surface area contributed by atoms with Gasteiger partial charge in [0.05, 0.1) is 25.9 Å². The molecule has 2 saturated heterocycles. The van der Waals surface area contributed by atoms with E-state index >= 15 is 0 Å². The fourth-order valence-corrected chi connectivity index (χ4v) is 4.07. The molecule has 178 valence electrons. The van der Waals surface area contributed by atoms with Crippen molar-refractivity contribution in [2.45, 2.75) is 76.8 Å². The number of β-lactam (4-membered cyclic amide) rings is 1. The molecule has 1 aromatic rings. The molecule has 1 N–H and O–H groups in total. The molecule has 0 saturated carbocycles. The third-order valence-electron chi connectivity index (χ3n) is 5.40. The Morgan fingerprint density at radius 2 is 1.91 bits per heavy atom. The molecule has 32 heavy (non-hydrogen) atoms. The summed E-state index contributed by atoms with van der Waals surface area (Å²) in [6.07, 6.45) is -2.24. The Labute approximate surface area is 188 Å². The highest BCUT2D eigenvalue weighted by Crippen LogP contribution is 2.45. The van der Waals surface area contributed by atoms with E-state index < -0.39 is 47.1 Å². The SMILES string of the molecule is CCOC(=O)[C@H](OC(C)(C)C)[C@]1(O)C(=O)N(c2ccc(OC)cc2)[C@H]1C1COC(C)(C)O1. The van der Waals surface area contributed by atoms with Crippen LogP contribution >= 0.6 is 0 Å². The summed E-state index contributed by atoms with van der Waals surface area (Å²) in [6, 6.07) is 5.88. The topological polar surface area (TPSA) is 104 Å². The summed E-state index contributed by atoms with van der Waals surface area (Å²) in [6.45, 7) is 10.6. The minimum Gasteiger partial charge on any atom is -0.497 e. The highest BCUT2D eigenvalue weighted by molar-refractivity contribution is 6.11. The van der Waals surface area contributed by atoms with Crippen LogP contribution in [0.3, 0.4) is 0 Å². The standard InChI is InChI=1S/C23H33NO8/c1-8-29-19(25)18(32-21(2,3)4)23(27)17(16-13-30-22(5,6)31-16)24(20(23)26)14-9-11-15(28-7)12-10-14/h9-12,16-18,27H,8,13H2,1-7H3/t16?,17-,18-,23-/m0/s1. The number of hydrogen-bond donors (Lipinski definition) is 1. The second-order valence-electron chi connectivity index (χ2n) is 9.37. The van der Waals surface area contributed by atoms with E-state index in [9.17, 15) is 14.7 Å². The van der Waals surface area contributed by atoms with Crippen LogP contribution in [0.25, 0.3) is 0 Å². The molecule has 2 fully saturated rings. The number of methoxy groups -OCH3 is 1. The molecular weight excluding hydrogens is 418 g/mol. The van der Waals surface area contributed by atoms with E-state index in [-0.39, 0.29) is 13.2 Å². The molecule has 0 bridgehead atoms. The lowest BCUT2D eigenvalue weighted by molar-refractivity contribution is -0.221. The van der Waals surface area contributed by atoms with Gasteiger partial charge in [0.2, 0.25) is 5.60 Å². The number of carbonyl (C=O) groups is 2. The molecular formula is C23H33NO8. The van der Waals surface area contributed by atoms with Crippen LogP contribution in [-0.4, -0.2) is 72.5 Å². The van der Waals surface area contributed by atoms with Gasteiger partial charge in [0.1, 0.15) is 17.9 Å². The van der Waals surface area contributed by atoms with Gasteiger partial charge < -0.3 is 33.7 Å². The summed E-state index contributed by atoms with van der Waals surface area (Å²) in [4.78, 5) is 27.7. The van der Waals surface area contributed by atoms with Crippen LogP contribution in [0.15, 0.2) is 24.3 Å². The first-order valence-electron chi connectivity index (χ1n) is 10.7. The lowest BCUT2D eigenvalue weighted by atomic mass is 9.74. The minimum atomic E-state index is -2.20. The summed E-state index contributed by atoms with van der Waals surface area (Å²) in [5, 5.41) is 11.7. The van der Waals surface area contributed by atoms with Crippen molar-refractivity contribution in [3.8, 4) is 5.75 Å². The fraction of sp³-hybridized carbons (Fsp3) is 0.652. The van der Waals surface area contributed by atoms with Crippen molar-refractivity contribution >= 4 is 17.6 Å². The van der Waals surface area contributed by atoms with Gasteiger partial charge in [0.25, 0.3) is 5.91 Å². The first kappa shape index (κ1) is 24.4.